The summed E-state index contributed by atoms with van der Waals surface area (Å²) in [5.41, 5.74) is 3.23. The Hall–Kier alpha value is -1.19. The third-order valence-electron chi connectivity index (χ3n) is 4.55. The molecule has 0 spiro atoms. The largest absolute Gasteiger partial charge is 0.381 e. The van der Waals surface area contributed by atoms with Crippen LogP contribution in [0.2, 0.25) is 0 Å². The number of carbonyl (C=O) groups is 1. The molecule has 0 radical (unpaired) electrons. The highest BCUT2D eigenvalue weighted by molar-refractivity contribution is 6.00. The van der Waals surface area contributed by atoms with E-state index in [0.717, 1.165) is 31.6 Å². The second-order valence-corrected chi connectivity index (χ2v) is 5.85. The summed E-state index contributed by atoms with van der Waals surface area (Å²) in [7, 11) is 2.06. The van der Waals surface area contributed by atoms with Crippen molar-refractivity contribution in [3.05, 3.63) is 34.9 Å². The molecule has 0 N–H and O–H groups in total. The second-order valence-electron chi connectivity index (χ2n) is 5.85. The Morgan fingerprint density at radius 2 is 1.90 bits per heavy atom. The van der Waals surface area contributed by atoms with Crippen LogP contribution in [0.3, 0.4) is 0 Å². The molecule has 110 valence electrons. The lowest BCUT2D eigenvalue weighted by atomic mass is 9.98. The zero-order chi connectivity index (χ0) is 14.7. The van der Waals surface area contributed by atoms with Crippen LogP contribution in [0.4, 0.5) is 0 Å². The minimum Gasteiger partial charge on any atom is -0.381 e. The topological polar surface area (TPSA) is 29.5 Å². The van der Waals surface area contributed by atoms with Gasteiger partial charge in [0.05, 0.1) is 6.04 Å². The Bertz CT molecular complexity index is 478. The van der Waals surface area contributed by atoms with E-state index in [1.165, 1.54) is 11.1 Å². The molecule has 3 nitrogen and oxygen atoms in total. The minimum atomic E-state index is -0.0831. The molecule has 0 amide bonds. The van der Waals surface area contributed by atoms with Crippen LogP contribution in [0.15, 0.2) is 18.2 Å². The summed E-state index contributed by atoms with van der Waals surface area (Å²) < 4.78 is 5.39. The van der Waals surface area contributed by atoms with Gasteiger partial charge in [0.25, 0.3) is 0 Å². The molecule has 1 aromatic carbocycles. The van der Waals surface area contributed by atoms with Gasteiger partial charge in [-0.2, -0.15) is 0 Å². The maximum atomic E-state index is 12.6. The summed E-state index contributed by atoms with van der Waals surface area (Å²) in [5.74, 6) is 0.210. The van der Waals surface area contributed by atoms with Crippen molar-refractivity contribution in [2.45, 2.75) is 45.7 Å². The molecule has 1 aromatic rings. The first-order valence-corrected chi connectivity index (χ1v) is 7.42. The maximum absolute atomic E-state index is 12.6. The van der Waals surface area contributed by atoms with Gasteiger partial charge in [0.1, 0.15) is 0 Å². The van der Waals surface area contributed by atoms with Crippen LogP contribution >= 0.6 is 0 Å². The van der Waals surface area contributed by atoms with E-state index in [4.69, 9.17) is 4.74 Å². The lowest BCUT2D eigenvalue weighted by Gasteiger charge is -2.34. The van der Waals surface area contributed by atoms with E-state index < -0.39 is 0 Å². The second kappa shape index (κ2) is 6.51. The Morgan fingerprint density at radius 3 is 2.50 bits per heavy atom. The van der Waals surface area contributed by atoms with Crippen LogP contribution in [0.25, 0.3) is 0 Å². The van der Waals surface area contributed by atoms with Gasteiger partial charge in [-0.25, -0.2) is 0 Å². The van der Waals surface area contributed by atoms with Crippen LogP contribution in [0.5, 0.6) is 0 Å². The van der Waals surface area contributed by atoms with Gasteiger partial charge in [-0.05, 0) is 57.9 Å². The Kier molecular flexibility index (Phi) is 4.95. The van der Waals surface area contributed by atoms with Gasteiger partial charge < -0.3 is 4.74 Å². The van der Waals surface area contributed by atoms with Gasteiger partial charge in [-0.3, -0.25) is 9.69 Å². The Labute approximate surface area is 121 Å². The van der Waals surface area contributed by atoms with E-state index in [0.29, 0.717) is 6.04 Å². The van der Waals surface area contributed by atoms with Gasteiger partial charge in [-0.1, -0.05) is 12.1 Å². The third-order valence-corrected chi connectivity index (χ3v) is 4.55. The molecule has 0 bridgehead atoms. The molecule has 0 saturated carbocycles. The van der Waals surface area contributed by atoms with Crippen molar-refractivity contribution in [1.82, 2.24) is 4.90 Å². The molecule has 3 heteroatoms. The normalized spacial score (nSPS) is 18.2. The summed E-state index contributed by atoms with van der Waals surface area (Å²) in [6.07, 6.45) is 2.03. The fourth-order valence-corrected chi connectivity index (χ4v) is 2.73. The van der Waals surface area contributed by atoms with E-state index in [9.17, 15) is 4.79 Å². The van der Waals surface area contributed by atoms with Crippen molar-refractivity contribution in [2.24, 2.45) is 0 Å². The fourth-order valence-electron chi connectivity index (χ4n) is 2.73. The standard InChI is InChI=1S/C17H25NO2/c1-12-5-6-15(11-13(12)2)17(19)14(3)18(4)16-7-9-20-10-8-16/h5-6,11,14,16H,7-10H2,1-4H3. The molecule has 1 unspecified atom stereocenters. The molecule has 1 aliphatic heterocycles. The summed E-state index contributed by atoms with van der Waals surface area (Å²) >= 11 is 0. The number of likely N-dealkylation sites (N-methyl/N-ethyl adjacent to an activating group) is 1. The first-order valence-electron chi connectivity index (χ1n) is 7.42. The number of hydrogen-bond donors (Lipinski definition) is 0. The highest BCUT2D eigenvalue weighted by atomic mass is 16.5. The number of nitrogens with zero attached hydrogens (tertiary/aromatic N) is 1. The highest BCUT2D eigenvalue weighted by Crippen LogP contribution is 2.19. The molecule has 1 aliphatic rings. The summed E-state index contributed by atoms with van der Waals surface area (Å²) in [5, 5.41) is 0. The van der Waals surface area contributed by atoms with Gasteiger partial charge in [0, 0.05) is 24.8 Å². The van der Waals surface area contributed by atoms with E-state index in [1.54, 1.807) is 0 Å². The van der Waals surface area contributed by atoms with E-state index in [-0.39, 0.29) is 11.8 Å². The van der Waals surface area contributed by atoms with Crippen molar-refractivity contribution in [1.29, 1.82) is 0 Å². The number of Topliss-reactive ketones (excluding diaryl/α,β-unsaturated/α-hetero) is 1. The van der Waals surface area contributed by atoms with Crippen LogP contribution in [-0.2, 0) is 4.74 Å². The van der Waals surface area contributed by atoms with Crippen LogP contribution < -0.4 is 0 Å². The van der Waals surface area contributed by atoms with Crippen molar-refractivity contribution >= 4 is 5.78 Å². The zero-order valence-corrected chi connectivity index (χ0v) is 13.0. The molecule has 0 aliphatic carbocycles. The van der Waals surface area contributed by atoms with Crippen molar-refractivity contribution in [3.63, 3.8) is 0 Å². The Balaban J connectivity index is 2.08. The number of ketones is 1. The summed E-state index contributed by atoms with van der Waals surface area (Å²) in [4.78, 5) is 14.8. The van der Waals surface area contributed by atoms with Gasteiger partial charge in [-0.15, -0.1) is 0 Å². The quantitative estimate of drug-likeness (QED) is 0.791. The molecule has 1 fully saturated rings. The molecule has 0 aromatic heterocycles. The van der Waals surface area contributed by atoms with Gasteiger partial charge in [0.2, 0.25) is 0 Å². The lowest BCUT2D eigenvalue weighted by Crippen LogP contribution is -2.45. The molecule has 2 rings (SSSR count). The van der Waals surface area contributed by atoms with Gasteiger partial charge >= 0.3 is 0 Å². The smallest absolute Gasteiger partial charge is 0.179 e. The average Bonchev–Trinajstić information content (AvgIpc) is 2.48. The summed E-state index contributed by atoms with van der Waals surface area (Å²) in [6, 6.07) is 6.35. The number of aryl methyl sites for hydroxylation is 2. The van der Waals surface area contributed by atoms with E-state index in [1.807, 2.05) is 25.1 Å². The first kappa shape index (κ1) is 15.2. The van der Waals surface area contributed by atoms with E-state index >= 15 is 0 Å². The molecule has 1 atom stereocenters. The number of rotatable bonds is 4. The molecule has 20 heavy (non-hydrogen) atoms. The first-order chi connectivity index (χ1) is 9.50. The number of benzene rings is 1. The molecule has 1 saturated heterocycles. The van der Waals surface area contributed by atoms with Crippen LogP contribution in [-0.4, -0.2) is 43.0 Å². The van der Waals surface area contributed by atoms with E-state index in [2.05, 4.69) is 25.8 Å². The maximum Gasteiger partial charge on any atom is 0.179 e. The van der Waals surface area contributed by atoms with Crippen LogP contribution in [0, 0.1) is 13.8 Å². The summed E-state index contributed by atoms with van der Waals surface area (Å²) in [6.45, 7) is 7.74. The zero-order valence-electron chi connectivity index (χ0n) is 13.0. The number of hydrogen-bond acceptors (Lipinski definition) is 3. The number of ether oxygens (including phenoxy) is 1. The molecular weight excluding hydrogens is 250 g/mol. The average molecular weight is 275 g/mol. The predicted octanol–water partition coefficient (Wildman–Crippen LogP) is 2.99. The minimum absolute atomic E-state index is 0.0831. The van der Waals surface area contributed by atoms with Crippen molar-refractivity contribution < 1.29 is 9.53 Å². The fraction of sp³-hybridized carbons (Fsp3) is 0.588. The lowest BCUT2D eigenvalue weighted by molar-refractivity contribution is 0.0301. The molecular formula is C17H25NO2. The monoisotopic (exact) mass is 275 g/mol. The third kappa shape index (κ3) is 3.28. The van der Waals surface area contributed by atoms with Crippen molar-refractivity contribution in [3.8, 4) is 0 Å². The van der Waals surface area contributed by atoms with Crippen molar-refractivity contribution in [2.75, 3.05) is 20.3 Å². The predicted molar refractivity (Wildman–Crippen MR) is 81.3 cm³/mol. The number of carbonyl (C=O) groups excluding carboxylic acids is 1. The Morgan fingerprint density at radius 1 is 1.25 bits per heavy atom. The van der Waals surface area contributed by atoms with Gasteiger partial charge in [0.15, 0.2) is 5.78 Å². The molecule has 1 heterocycles. The highest BCUT2D eigenvalue weighted by Gasteiger charge is 2.27. The SMILES string of the molecule is Cc1ccc(C(=O)C(C)N(C)C2CCOCC2)cc1C. The van der Waals surface area contributed by atoms with Crippen LogP contribution in [0.1, 0.15) is 41.3 Å².